The number of hydrogen-bond acceptors (Lipinski definition) is 5. The number of thioether (sulfide) groups is 1. The average Bonchev–Trinajstić information content (AvgIpc) is 2.79. The van der Waals surface area contributed by atoms with Gasteiger partial charge in [-0.3, -0.25) is 9.10 Å². The minimum atomic E-state index is -4.00. The van der Waals surface area contributed by atoms with E-state index in [9.17, 15) is 13.2 Å². The lowest BCUT2D eigenvalue weighted by atomic mass is 10.2. The van der Waals surface area contributed by atoms with Crippen LogP contribution in [0.4, 0.5) is 5.69 Å². The molecule has 0 aliphatic heterocycles. The maximum absolute atomic E-state index is 13.4. The van der Waals surface area contributed by atoms with Gasteiger partial charge in [0.15, 0.2) is 0 Å². The van der Waals surface area contributed by atoms with Crippen molar-refractivity contribution in [2.24, 2.45) is 5.10 Å². The molecule has 0 saturated heterocycles. The number of halogens is 2. The molecule has 0 aliphatic rings. The molecule has 0 saturated carbocycles. The minimum Gasteiger partial charge on any atom is -0.271 e. The highest BCUT2D eigenvalue weighted by Gasteiger charge is 2.27. The van der Waals surface area contributed by atoms with Gasteiger partial charge in [-0.25, -0.2) is 13.8 Å². The van der Waals surface area contributed by atoms with Crippen LogP contribution in [0.2, 0.25) is 10.0 Å². The molecule has 1 N–H and O–H groups in total. The Morgan fingerprint density at radius 2 is 1.73 bits per heavy atom. The molecule has 0 spiro atoms. The fourth-order valence-corrected chi connectivity index (χ4v) is 5.13. The number of nitrogens with zero attached hydrogens (tertiary/aromatic N) is 2. The van der Waals surface area contributed by atoms with Crippen LogP contribution in [0, 0.1) is 6.92 Å². The first kappa shape index (κ1) is 25.1. The lowest BCUT2D eigenvalue weighted by molar-refractivity contribution is -0.119. The van der Waals surface area contributed by atoms with Crippen LogP contribution in [0.5, 0.6) is 0 Å². The van der Waals surface area contributed by atoms with E-state index in [-0.39, 0.29) is 4.90 Å². The van der Waals surface area contributed by atoms with E-state index in [2.05, 4.69) is 10.5 Å². The van der Waals surface area contributed by atoms with Crippen LogP contribution >= 0.6 is 35.0 Å². The summed E-state index contributed by atoms with van der Waals surface area (Å²) in [6.07, 6.45) is 3.27. The maximum Gasteiger partial charge on any atom is 0.264 e. The Morgan fingerprint density at radius 3 is 2.33 bits per heavy atom. The normalized spacial score (nSPS) is 11.5. The summed E-state index contributed by atoms with van der Waals surface area (Å²) >= 11 is 13.5. The first-order valence-electron chi connectivity index (χ1n) is 9.71. The number of hydrogen-bond donors (Lipinski definition) is 1. The zero-order valence-electron chi connectivity index (χ0n) is 17.8. The van der Waals surface area contributed by atoms with E-state index in [0.717, 1.165) is 14.8 Å². The molecule has 33 heavy (non-hydrogen) atoms. The molecule has 0 aromatic heterocycles. The fourth-order valence-electron chi connectivity index (χ4n) is 2.85. The molecule has 3 aromatic carbocycles. The largest absolute Gasteiger partial charge is 0.271 e. The summed E-state index contributed by atoms with van der Waals surface area (Å²) in [5.74, 6) is -0.610. The Bertz CT molecular complexity index is 1260. The number of rotatable bonds is 8. The molecular weight excluding hydrogens is 501 g/mol. The molecule has 3 aromatic rings. The Morgan fingerprint density at radius 1 is 1.06 bits per heavy atom. The highest BCUT2D eigenvalue weighted by atomic mass is 35.5. The molecule has 0 fully saturated rings. The first-order chi connectivity index (χ1) is 15.7. The predicted molar refractivity (Wildman–Crippen MR) is 136 cm³/mol. The number of benzene rings is 3. The summed E-state index contributed by atoms with van der Waals surface area (Å²) < 4.78 is 27.8. The molecule has 0 bridgehead atoms. The number of carbonyl (C=O) groups excluding carboxylic acids is 1. The van der Waals surface area contributed by atoms with Gasteiger partial charge in [0.2, 0.25) is 0 Å². The Balaban J connectivity index is 1.84. The van der Waals surface area contributed by atoms with Gasteiger partial charge in [0, 0.05) is 15.5 Å². The van der Waals surface area contributed by atoms with Crippen molar-refractivity contribution in [3.63, 3.8) is 0 Å². The van der Waals surface area contributed by atoms with E-state index in [1.54, 1.807) is 54.6 Å². The van der Waals surface area contributed by atoms with Gasteiger partial charge in [-0.1, -0.05) is 47.0 Å². The Hall–Kier alpha value is -2.52. The van der Waals surface area contributed by atoms with E-state index in [0.29, 0.717) is 21.3 Å². The summed E-state index contributed by atoms with van der Waals surface area (Å²) in [6, 6.07) is 18.3. The van der Waals surface area contributed by atoms with E-state index in [1.165, 1.54) is 30.1 Å². The number of aryl methyl sites for hydroxylation is 1. The van der Waals surface area contributed by atoms with Crippen molar-refractivity contribution in [3.05, 3.63) is 87.9 Å². The topological polar surface area (TPSA) is 78.8 Å². The van der Waals surface area contributed by atoms with Crippen molar-refractivity contribution in [2.45, 2.75) is 16.7 Å². The van der Waals surface area contributed by atoms with Gasteiger partial charge >= 0.3 is 0 Å². The van der Waals surface area contributed by atoms with E-state index < -0.39 is 22.5 Å². The van der Waals surface area contributed by atoms with Crippen molar-refractivity contribution in [1.82, 2.24) is 5.43 Å². The second-order valence-electron chi connectivity index (χ2n) is 6.98. The van der Waals surface area contributed by atoms with Gasteiger partial charge in [0.25, 0.3) is 15.9 Å². The number of nitrogens with one attached hydrogen (secondary N) is 1. The molecular formula is C23H21Cl2N3O3S2. The predicted octanol–water partition coefficient (Wildman–Crippen LogP) is 5.37. The maximum atomic E-state index is 13.4. The van der Waals surface area contributed by atoms with Crippen molar-refractivity contribution in [2.75, 3.05) is 17.1 Å². The van der Waals surface area contributed by atoms with Gasteiger partial charge < -0.3 is 0 Å². The van der Waals surface area contributed by atoms with Gasteiger partial charge in [0.05, 0.1) is 21.8 Å². The smallest absolute Gasteiger partial charge is 0.264 e. The summed E-state index contributed by atoms with van der Waals surface area (Å²) in [4.78, 5) is 13.6. The number of hydrazone groups is 1. The van der Waals surface area contributed by atoms with Gasteiger partial charge in [-0.15, -0.1) is 11.8 Å². The molecule has 172 valence electrons. The van der Waals surface area contributed by atoms with Gasteiger partial charge in [0.1, 0.15) is 6.54 Å². The SMILES string of the molecule is CSc1ccc(S(=O)(=O)N(CC(=O)N/N=C\c2ccc(Cl)cc2Cl)c2ccc(C)cc2)cc1. The molecule has 3 rings (SSSR count). The van der Waals surface area contributed by atoms with Crippen molar-refractivity contribution >= 4 is 62.8 Å². The van der Waals surface area contributed by atoms with Crippen LogP contribution < -0.4 is 9.73 Å². The minimum absolute atomic E-state index is 0.0881. The van der Waals surface area contributed by atoms with Crippen LogP contribution in [0.15, 0.2) is 81.6 Å². The third-order valence-electron chi connectivity index (χ3n) is 4.61. The Labute approximate surface area is 207 Å². The second-order valence-corrected chi connectivity index (χ2v) is 10.6. The number of sulfonamides is 1. The molecule has 0 unspecified atom stereocenters. The zero-order chi connectivity index (χ0) is 24.0. The molecule has 0 aliphatic carbocycles. The number of carbonyl (C=O) groups is 1. The van der Waals surface area contributed by atoms with Crippen LogP contribution in [-0.4, -0.2) is 33.3 Å². The lowest BCUT2D eigenvalue weighted by Crippen LogP contribution is -2.39. The molecule has 0 heterocycles. The highest BCUT2D eigenvalue weighted by molar-refractivity contribution is 7.98. The lowest BCUT2D eigenvalue weighted by Gasteiger charge is -2.24. The third-order valence-corrected chi connectivity index (χ3v) is 7.71. The fraction of sp³-hybridized carbons (Fsp3) is 0.130. The first-order valence-corrected chi connectivity index (χ1v) is 13.1. The summed E-state index contributed by atoms with van der Waals surface area (Å²) in [7, 11) is -4.00. The van der Waals surface area contributed by atoms with E-state index in [1.807, 2.05) is 13.2 Å². The van der Waals surface area contributed by atoms with Crippen LogP contribution in [0.25, 0.3) is 0 Å². The van der Waals surface area contributed by atoms with Gasteiger partial charge in [-0.2, -0.15) is 5.10 Å². The zero-order valence-corrected chi connectivity index (χ0v) is 21.0. The summed E-state index contributed by atoms with van der Waals surface area (Å²) in [5.41, 5.74) is 4.25. The molecule has 10 heteroatoms. The molecule has 0 atom stereocenters. The molecule has 6 nitrogen and oxygen atoms in total. The van der Waals surface area contributed by atoms with Crippen LogP contribution in [-0.2, 0) is 14.8 Å². The van der Waals surface area contributed by atoms with Crippen LogP contribution in [0.1, 0.15) is 11.1 Å². The Kier molecular flexibility index (Phi) is 8.42. The molecule has 1 amide bonds. The van der Waals surface area contributed by atoms with E-state index >= 15 is 0 Å². The quantitative estimate of drug-likeness (QED) is 0.245. The highest BCUT2D eigenvalue weighted by Crippen LogP contribution is 2.26. The monoisotopic (exact) mass is 521 g/mol. The second kappa shape index (κ2) is 11.1. The average molecular weight is 522 g/mol. The van der Waals surface area contributed by atoms with Crippen molar-refractivity contribution in [3.8, 4) is 0 Å². The summed E-state index contributed by atoms with van der Waals surface area (Å²) in [6.45, 7) is 1.44. The van der Waals surface area contributed by atoms with Crippen molar-refractivity contribution in [1.29, 1.82) is 0 Å². The van der Waals surface area contributed by atoms with Gasteiger partial charge in [-0.05, 0) is 61.7 Å². The van der Waals surface area contributed by atoms with Crippen LogP contribution in [0.3, 0.4) is 0 Å². The number of amides is 1. The number of anilines is 1. The molecule has 0 radical (unpaired) electrons. The van der Waals surface area contributed by atoms with E-state index in [4.69, 9.17) is 23.2 Å². The van der Waals surface area contributed by atoms with Crippen molar-refractivity contribution < 1.29 is 13.2 Å². The summed E-state index contributed by atoms with van der Waals surface area (Å²) in [5, 5.41) is 4.74. The third kappa shape index (κ3) is 6.51. The standard InChI is InChI=1S/C23H21Cl2N3O3S2/c1-16-3-7-19(8-4-16)28(33(30,31)21-11-9-20(32-2)10-12-21)15-23(29)27-26-14-17-5-6-18(24)13-22(17)25/h3-14H,15H2,1-2H3,(H,27,29)/b26-14-.